The summed E-state index contributed by atoms with van der Waals surface area (Å²) in [7, 11) is 1.96. The largest absolute Gasteiger partial charge is 0.320 e. The maximum absolute atomic E-state index is 4.05. The second-order valence-corrected chi connectivity index (χ2v) is 4.88. The van der Waals surface area contributed by atoms with Crippen LogP contribution >= 0.6 is 11.3 Å². The van der Waals surface area contributed by atoms with Crippen molar-refractivity contribution in [1.29, 1.82) is 0 Å². The molecule has 0 saturated heterocycles. The number of rotatable bonds is 4. The van der Waals surface area contributed by atoms with Gasteiger partial charge in [-0.2, -0.15) is 0 Å². The van der Waals surface area contributed by atoms with Gasteiger partial charge >= 0.3 is 0 Å². The standard InChI is InChI=1S/C11H16N4S/c1-8-4-5-16-11(8)9(2)12-6-10-14-13-7-15(10)3/h4-5,7,9,12H,6H2,1-3H3. The van der Waals surface area contributed by atoms with Gasteiger partial charge in [0.2, 0.25) is 0 Å². The van der Waals surface area contributed by atoms with E-state index in [4.69, 9.17) is 0 Å². The SMILES string of the molecule is Cc1ccsc1C(C)NCc1nncn1C. The first-order chi connectivity index (χ1) is 7.68. The number of nitrogens with one attached hydrogen (secondary N) is 1. The van der Waals surface area contributed by atoms with Gasteiger partial charge < -0.3 is 9.88 Å². The Morgan fingerprint density at radius 1 is 1.56 bits per heavy atom. The normalized spacial score (nSPS) is 12.9. The second kappa shape index (κ2) is 4.76. The van der Waals surface area contributed by atoms with Gasteiger partial charge in [-0.15, -0.1) is 21.5 Å². The second-order valence-electron chi connectivity index (χ2n) is 3.93. The average molecular weight is 236 g/mol. The summed E-state index contributed by atoms with van der Waals surface area (Å²) in [5.41, 5.74) is 1.35. The van der Waals surface area contributed by atoms with E-state index in [1.54, 1.807) is 17.7 Å². The molecule has 0 fully saturated rings. The van der Waals surface area contributed by atoms with Crippen LogP contribution in [0.3, 0.4) is 0 Å². The van der Waals surface area contributed by atoms with Crippen LogP contribution in [0, 0.1) is 6.92 Å². The molecular formula is C11H16N4S. The van der Waals surface area contributed by atoms with E-state index < -0.39 is 0 Å². The van der Waals surface area contributed by atoms with Crippen molar-refractivity contribution in [3.8, 4) is 0 Å². The molecule has 0 aliphatic heterocycles. The van der Waals surface area contributed by atoms with Crippen LogP contribution in [0.1, 0.15) is 29.2 Å². The zero-order chi connectivity index (χ0) is 11.5. The summed E-state index contributed by atoms with van der Waals surface area (Å²) in [6, 6.07) is 2.51. The van der Waals surface area contributed by atoms with Gasteiger partial charge in [-0.3, -0.25) is 0 Å². The van der Waals surface area contributed by atoms with Crippen LogP contribution in [0.4, 0.5) is 0 Å². The summed E-state index contributed by atoms with van der Waals surface area (Å²) in [4.78, 5) is 1.39. The Morgan fingerprint density at radius 2 is 2.38 bits per heavy atom. The maximum Gasteiger partial charge on any atom is 0.146 e. The van der Waals surface area contributed by atoms with Gasteiger partial charge in [0.15, 0.2) is 0 Å². The summed E-state index contributed by atoms with van der Waals surface area (Å²) >= 11 is 1.79. The van der Waals surface area contributed by atoms with Crippen LogP contribution in [-0.2, 0) is 13.6 Å². The van der Waals surface area contributed by atoms with Crippen molar-refractivity contribution >= 4 is 11.3 Å². The van der Waals surface area contributed by atoms with E-state index >= 15 is 0 Å². The van der Waals surface area contributed by atoms with E-state index in [1.165, 1.54) is 10.4 Å². The molecule has 0 aliphatic rings. The summed E-state index contributed by atoms with van der Waals surface area (Å²) in [5, 5.41) is 13.5. The molecule has 86 valence electrons. The molecular weight excluding hydrogens is 220 g/mol. The fourth-order valence-electron chi connectivity index (χ4n) is 1.63. The molecule has 0 spiro atoms. The first-order valence-electron chi connectivity index (χ1n) is 5.28. The van der Waals surface area contributed by atoms with Crippen LogP contribution in [0.15, 0.2) is 17.8 Å². The molecule has 0 bridgehead atoms. The molecule has 1 atom stereocenters. The van der Waals surface area contributed by atoms with E-state index in [1.807, 2.05) is 11.6 Å². The van der Waals surface area contributed by atoms with Crippen LogP contribution in [-0.4, -0.2) is 14.8 Å². The van der Waals surface area contributed by atoms with Crippen molar-refractivity contribution in [2.75, 3.05) is 0 Å². The molecule has 0 saturated carbocycles. The van der Waals surface area contributed by atoms with Crippen molar-refractivity contribution < 1.29 is 0 Å². The van der Waals surface area contributed by atoms with E-state index in [0.29, 0.717) is 6.04 Å². The van der Waals surface area contributed by atoms with Crippen molar-refractivity contribution in [3.63, 3.8) is 0 Å². The predicted octanol–water partition coefficient (Wildman–Crippen LogP) is 2.04. The molecule has 0 radical (unpaired) electrons. The molecule has 1 N–H and O–H groups in total. The van der Waals surface area contributed by atoms with E-state index in [0.717, 1.165) is 12.4 Å². The number of aryl methyl sites for hydroxylation is 2. The minimum absolute atomic E-state index is 0.358. The Balaban J connectivity index is 1.97. The molecule has 2 rings (SSSR count). The summed E-state index contributed by atoms with van der Waals surface area (Å²) < 4.78 is 1.93. The maximum atomic E-state index is 4.05. The molecule has 2 aromatic heterocycles. The van der Waals surface area contributed by atoms with Gasteiger partial charge in [0.05, 0.1) is 6.54 Å². The summed E-state index contributed by atoms with van der Waals surface area (Å²) in [6.45, 7) is 5.07. The molecule has 0 aliphatic carbocycles. The van der Waals surface area contributed by atoms with Crippen molar-refractivity contribution in [2.24, 2.45) is 7.05 Å². The highest BCUT2D eigenvalue weighted by Crippen LogP contribution is 2.23. The highest BCUT2D eigenvalue weighted by atomic mass is 32.1. The Bertz CT molecular complexity index is 460. The number of hydrogen-bond donors (Lipinski definition) is 1. The van der Waals surface area contributed by atoms with Crippen molar-refractivity contribution in [2.45, 2.75) is 26.4 Å². The van der Waals surface area contributed by atoms with Gasteiger partial charge in [-0.1, -0.05) is 0 Å². The molecule has 4 nitrogen and oxygen atoms in total. The van der Waals surface area contributed by atoms with Crippen molar-refractivity contribution in [3.05, 3.63) is 34.0 Å². The lowest BCUT2D eigenvalue weighted by atomic mass is 10.2. The fraction of sp³-hybridized carbons (Fsp3) is 0.455. The van der Waals surface area contributed by atoms with Gasteiger partial charge in [0.1, 0.15) is 12.2 Å². The molecule has 5 heteroatoms. The number of hydrogen-bond acceptors (Lipinski definition) is 4. The van der Waals surface area contributed by atoms with Gasteiger partial charge in [-0.05, 0) is 30.9 Å². The van der Waals surface area contributed by atoms with Gasteiger partial charge in [0.25, 0.3) is 0 Å². The summed E-state index contributed by atoms with van der Waals surface area (Å²) in [6.07, 6.45) is 1.72. The molecule has 16 heavy (non-hydrogen) atoms. The quantitative estimate of drug-likeness (QED) is 0.883. The lowest BCUT2D eigenvalue weighted by Crippen LogP contribution is -2.19. The number of thiophene rings is 1. The predicted molar refractivity (Wildman–Crippen MR) is 65.3 cm³/mol. The molecule has 2 heterocycles. The molecule has 0 amide bonds. The highest BCUT2D eigenvalue weighted by molar-refractivity contribution is 7.10. The Kier molecular flexibility index (Phi) is 3.36. The Morgan fingerprint density at radius 3 is 2.94 bits per heavy atom. The van der Waals surface area contributed by atoms with Crippen LogP contribution in [0.5, 0.6) is 0 Å². The zero-order valence-corrected chi connectivity index (χ0v) is 10.6. The first kappa shape index (κ1) is 11.3. The smallest absolute Gasteiger partial charge is 0.146 e. The lowest BCUT2D eigenvalue weighted by Gasteiger charge is -2.12. The minimum atomic E-state index is 0.358. The summed E-state index contributed by atoms with van der Waals surface area (Å²) in [5.74, 6) is 0.959. The van der Waals surface area contributed by atoms with Crippen LogP contribution < -0.4 is 5.32 Å². The fourth-order valence-corrected chi connectivity index (χ4v) is 2.59. The minimum Gasteiger partial charge on any atom is -0.320 e. The highest BCUT2D eigenvalue weighted by Gasteiger charge is 2.10. The van der Waals surface area contributed by atoms with Crippen molar-refractivity contribution in [1.82, 2.24) is 20.1 Å². The van der Waals surface area contributed by atoms with E-state index in [-0.39, 0.29) is 0 Å². The Labute approximate surface area is 99.3 Å². The van der Waals surface area contributed by atoms with Gasteiger partial charge in [0, 0.05) is 18.0 Å². The third kappa shape index (κ3) is 2.31. The average Bonchev–Trinajstić information content (AvgIpc) is 2.84. The first-order valence-corrected chi connectivity index (χ1v) is 6.16. The van der Waals surface area contributed by atoms with E-state index in [2.05, 4.69) is 40.8 Å². The van der Waals surface area contributed by atoms with Crippen LogP contribution in [0.2, 0.25) is 0 Å². The third-order valence-corrected chi connectivity index (χ3v) is 3.87. The number of aromatic nitrogens is 3. The molecule has 0 aromatic carbocycles. The zero-order valence-electron chi connectivity index (χ0n) is 9.77. The van der Waals surface area contributed by atoms with Crippen LogP contribution in [0.25, 0.3) is 0 Å². The van der Waals surface area contributed by atoms with E-state index in [9.17, 15) is 0 Å². The molecule has 2 aromatic rings. The lowest BCUT2D eigenvalue weighted by molar-refractivity contribution is 0.553. The Hall–Kier alpha value is -1.20. The molecule has 1 unspecified atom stereocenters. The number of nitrogens with zero attached hydrogens (tertiary/aromatic N) is 3. The topological polar surface area (TPSA) is 42.7 Å². The van der Waals surface area contributed by atoms with Gasteiger partial charge in [-0.25, -0.2) is 0 Å². The third-order valence-electron chi connectivity index (χ3n) is 2.67. The monoisotopic (exact) mass is 236 g/mol.